The van der Waals surface area contributed by atoms with Crippen LogP contribution in [0.2, 0.25) is 0 Å². The highest BCUT2D eigenvalue weighted by Crippen LogP contribution is 1.99. The Hall–Kier alpha value is -0.820. The molecule has 0 aromatic heterocycles. The Labute approximate surface area is 126 Å². The van der Waals surface area contributed by atoms with E-state index in [1.165, 1.54) is 5.56 Å². The van der Waals surface area contributed by atoms with Crippen molar-refractivity contribution in [2.24, 2.45) is 10.7 Å². The van der Waals surface area contributed by atoms with Crippen LogP contribution in [0, 0.1) is 0 Å². The fraction of sp³-hybridized carbons (Fsp3) is 0.462. The van der Waals surface area contributed by atoms with Crippen LogP contribution in [-0.4, -0.2) is 25.7 Å². The first-order chi connectivity index (χ1) is 8.33. The van der Waals surface area contributed by atoms with Crippen LogP contribution in [0.25, 0.3) is 0 Å². The maximum atomic E-state index is 5.64. The van der Waals surface area contributed by atoms with E-state index in [1.807, 2.05) is 30.3 Å². The maximum absolute atomic E-state index is 5.64. The standard InChI is InChI=1S/C13H21N3O.HI/c1-2-8-15-13(14)16-9-10-17-11-12-6-4-3-5-7-12;/h3-7H,2,8-11H2,1H3,(H3,14,15,16);1H. The Morgan fingerprint density at radius 3 is 2.72 bits per heavy atom. The summed E-state index contributed by atoms with van der Waals surface area (Å²) in [6.07, 6.45) is 1.01. The molecule has 0 spiro atoms. The normalized spacial score (nSPS) is 10.8. The van der Waals surface area contributed by atoms with E-state index in [2.05, 4.69) is 17.2 Å². The second-order valence-electron chi connectivity index (χ2n) is 3.73. The number of halogens is 1. The fourth-order valence-corrected chi connectivity index (χ4v) is 1.30. The molecule has 0 aliphatic rings. The van der Waals surface area contributed by atoms with Gasteiger partial charge in [-0.25, -0.2) is 0 Å². The summed E-state index contributed by atoms with van der Waals surface area (Å²) in [5, 5.41) is 3.01. The molecule has 1 aromatic carbocycles. The van der Waals surface area contributed by atoms with E-state index in [-0.39, 0.29) is 24.0 Å². The molecule has 1 rings (SSSR count). The molecule has 0 amide bonds. The first-order valence-electron chi connectivity index (χ1n) is 5.98. The van der Waals surface area contributed by atoms with Gasteiger partial charge in [-0.15, -0.1) is 24.0 Å². The minimum Gasteiger partial charge on any atom is -0.375 e. The van der Waals surface area contributed by atoms with Gasteiger partial charge < -0.3 is 15.8 Å². The van der Waals surface area contributed by atoms with Crippen molar-refractivity contribution in [3.05, 3.63) is 35.9 Å². The summed E-state index contributed by atoms with van der Waals surface area (Å²) in [4.78, 5) is 4.13. The second-order valence-corrected chi connectivity index (χ2v) is 3.73. The van der Waals surface area contributed by atoms with Crippen LogP contribution in [0.5, 0.6) is 0 Å². The maximum Gasteiger partial charge on any atom is 0.188 e. The van der Waals surface area contributed by atoms with Crippen LogP contribution < -0.4 is 11.1 Å². The van der Waals surface area contributed by atoms with Crippen LogP contribution in [0.3, 0.4) is 0 Å². The molecular weight excluding hydrogens is 341 g/mol. The number of nitrogens with two attached hydrogens (primary N) is 1. The van der Waals surface area contributed by atoms with Gasteiger partial charge in [0.25, 0.3) is 0 Å². The van der Waals surface area contributed by atoms with E-state index in [0.717, 1.165) is 13.0 Å². The summed E-state index contributed by atoms with van der Waals surface area (Å²) < 4.78 is 5.50. The number of ether oxygens (including phenoxy) is 1. The molecule has 0 aliphatic heterocycles. The highest BCUT2D eigenvalue weighted by Gasteiger charge is 1.93. The van der Waals surface area contributed by atoms with Crippen LogP contribution in [0.1, 0.15) is 18.9 Å². The van der Waals surface area contributed by atoms with Crippen molar-refractivity contribution in [2.75, 3.05) is 19.7 Å². The van der Waals surface area contributed by atoms with Crippen molar-refractivity contribution >= 4 is 29.9 Å². The summed E-state index contributed by atoms with van der Waals surface area (Å²) in [6.45, 7) is 4.78. The lowest BCUT2D eigenvalue weighted by Gasteiger charge is -2.06. The zero-order valence-corrected chi connectivity index (χ0v) is 13.1. The third-order valence-electron chi connectivity index (χ3n) is 2.17. The predicted octanol–water partition coefficient (Wildman–Crippen LogP) is 2.14. The smallest absolute Gasteiger partial charge is 0.188 e. The molecule has 0 heterocycles. The van der Waals surface area contributed by atoms with Gasteiger partial charge in [-0.2, -0.15) is 0 Å². The van der Waals surface area contributed by atoms with Crippen molar-refractivity contribution in [1.82, 2.24) is 5.32 Å². The third kappa shape index (κ3) is 8.30. The van der Waals surface area contributed by atoms with Gasteiger partial charge in [-0.05, 0) is 12.0 Å². The highest BCUT2D eigenvalue weighted by atomic mass is 127. The van der Waals surface area contributed by atoms with Crippen molar-refractivity contribution in [2.45, 2.75) is 20.0 Å². The SMILES string of the molecule is CCCN=C(N)NCCOCc1ccccc1.I. The molecular formula is C13H22IN3O. The third-order valence-corrected chi connectivity index (χ3v) is 2.17. The first-order valence-corrected chi connectivity index (χ1v) is 5.98. The molecule has 0 aliphatic carbocycles. The summed E-state index contributed by atoms with van der Waals surface area (Å²) in [7, 11) is 0. The number of nitrogens with one attached hydrogen (secondary N) is 1. The number of rotatable bonds is 7. The second kappa shape index (κ2) is 11.3. The van der Waals surface area contributed by atoms with E-state index in [9.17, 15) is 0 Å². The van der Waals surface area contributed by atoms with Gasteiger partial charge >= 0.3 is 0 Å². The number of aliphatic imine (C=N–C) groups is 1. The summed E-state index contributed by atoms with van der Waals surface area (Å²) in [6, 6.07) is 10.1. The fourth-order valence-electron chi connectivity index (χ4n) is 1.30. The molecule has 0 atom stereocenters. The number of hydrogen-bond donors (Lipinski definition) is 2. The van der Waals surface area contributed by atoms with E-state index < -0.39 is 0 Å². The molecule has 0 bridgehead atoms. The Balaban J connectivity index is 0.00000289. The monoisotopic (exact) mass is 363 g/mol. The largest absolute Gasteiger partial charge is 0.375 e. The van der Waals surface area contributed by atoms with Gasteiger partial charge in [-0.3, -0.25) is 4.99 Å². The van der Waals surface area contributed by atoms with Crippen molar-refractivity contribution in [3.63, 3.8) is 0 Å². The minimum absolute atomic E-state index is 0. The highest BCUT2D eigenvalue weighted by molar-refractivity contribution is 14.0. The lowest BCUT2D eigenvalue weighted by Crippen LogP contribution is -2.34. The van der Waals surface area contributed by atoms with Crippen molar-refractivity contribution < 1.29 is 4.74 Å². The Kier molecular flexibility index (Phi) is 10.8. The Morgan fingerprint density at radius 2 is 2.06 bits per heavy atom. The molecule has 0 unspecified atom stereocenters. The van der Waals surface area contributed by atoms with Gasteiger partial charge in [0.2, 0.25) is 0 Å². The molecule has 102 valence electrons. The van der Waals surface area contributed by atoms with E-state index in [4.69, 9.17) is 10.5 Å². The molecule has 4 nitrogen and oxygen atoms in total. The van der Waals surface area contributed by atoms with Gasteiger partial charge in [0.15, 0.2) is 5.96 Å². The Bertz CT molecular complexity index is 330. The van der Waals surface area contributed by atoms with E-state index in [0.29, 0.717) is 25.7 Å². The molecule has 0 radical (unpaired) electrons. The zero-order valence-electron chi connectivity index (χ0n) is 10.8. The topological polar surface area (TPSA) is 59.6 Å². The molecule has 3 N–H and O–H groups in total. The van der Waals surface area contributed by atoms with Crippen molar-refractivity contribution in [1.29, 1.82) is 0 Å². The van der Waals surface area contributed by atoms with Gasteiger partial charge in [0, 0.05) is 13.1 Å². The average Bonchev–Trinajstić information content (AvgIpc) is 2.37. The zero-order chi connectivity index (χ0) is 12.3. The van der Waals surface area contributed by atoms with E-state index >= 15 is 0 Å². The van der Waals surface area contributed by atoms with Gasteiger partial charge in [-0.1, -0.05) is 37.3 Å². The average molecular weight is 363 g/mol. The van der Waals surface area contributed by atoms with Crippen LogP contribution in [0.15, 0.2) is 35.3 Å². The quantitative estimate of drug-likeness (QED) is 0.338. The molecule has 0 saturated heterocycles. The number of guanidine groups is 1. The van der Waals surface area contributed by atoms with Gasteiger partial charge in [0.05, 0.1) is 13.2 Å². The van der Waals surface area contributed by atoms with Crippen LogP contribution in [-0.2, 0) is 11.3 Å². The van der Waals surface area contributed by atoms with Crippen LogP contribution in [0.4, 0.5) is 0 Å². The summed E-state index contributed by atoms with van der Waals surface area (Å²) >= 11 is 0. The first kappa shape index (κ1) is 17.2. The lowest BCUT2D eigenvalue weighted by atomic mass is 10.2. The molecule has 0 saturated carbocycles. The number of hydrogen-bond acceptors (Lipinski definition) is 2. The van der Waals surface area contributed by atoms with Crippen LogP contribution >= 0.6 is 24.0 Å². The molecule has 5 heteroatoms. The summed E-state index contributed by atoms with van der Waals surface area (Å²) in [5.74, 6) is 0.496. The van der Waals surface area contributed by atoms with Crippen molar-refractivity contribution in [3.8, 4) is 0 Å². The Morgan fingerprint density at radius 1 is 1.33 bits per heavy atom. The number of benzene rings is 1. The molecule has 1 aromatic rings. The molecule has 0 fully saturated rings. The predicted molar refractivity (Wildman–Crippen MR) is 86.3 cm³/mol. The van der Waals surface area contributed by atoms with E-state index in [1.54, 1.807) is 0 Å². The molecule has 18 heavy (non-hydrogen) atoms. The number of nitrogens with zero attached hydrogens (tertiary/aromatic N) is 1. The minimum atomic E-state index is 0. The van der Waals surface area contributed by atoms with Gasteiger partial charge in [0.1, 0.15) is 0 Å². The lowest BCUT2D eigenvalue weighted by molar-refractivity contribution is 0.125. The summed E-state index contributed by atoms with van der Waals surface area (Å²) in [5.41, 5.74) is 6.82.